The molecule has 3 rings (SSSR count). The third-order valence-electron chi connectivity index (χ3n) is 4.24. The van der Waals surface area contributed by atoms with E-state index < -0.39 is 0 Å². The number of rotatable bonds is 3. The molecule has 2 heterocycles. The number of aliphatic hydroxyl groups is 1. The third-order valence-corrected chi connectivity index (χ3v) is 4.79. The van der Waals surface area contributed by atoms with Crippen LogP contribution in [0.3, 0.4) is 0 Å². The molecule has 2 bridgehead atoms. The van der Waals surface area contributed by atoms with E-state index in [2.05, 4.69) is 0 Å². The lowest BCUT2D eigenvalue weighted by molar-refractivity contribution is -0.139. The van der Waals surface area contributed by atoms with Gasteiger partial charge in [0, 0.05) is 23.2 Å². The van der Waals surface area contributed by atoms with Crippen LogP contribution < -0.4 is 4.74 Å². The van der Waals surface area contributed by atoms with E-state index in [9.17, 15) is 9.90 Å². The first-order valence-electron chi connectivity index (χ1n) is 7.11. The van der Waals surface area contributed by atoms with Gasteiger partial charge in [0.25, 0.3) is 5.91 Å². The maximum atomic E-state index is 12.4. The first-order valence-corrected chi connectivity index (χ1v) is 7.87. The van der Waals surface area contributed by atoms with E-state index in [0.29, 0.717) is 28.6 Å². The molecule has 0 aromatic heterocycles. The molecule has 0 aliphatic carbocycles. The molecule has 1 N–H and O–H groups in total. The normalized spacial score (nSPS) is 27.8. The quantitative estimate of drug-likeness (QED) is 0.927. The van der Waals surface area contributed by atoms with Gasteiger partial charge >= 0.3 is 0 Å². The van der Waals surface area contributed by atoms with E-state index in [1.807, 2.05) is 4.90 Å². The molecule has 6 heteroatoms. The first-order chi connectivity index (χ1) is 10.0. The number of amides is 1. The molecule has 0 spiro atoms. The number of ether oxygens (including phenoxy) is 1. The molecular formula is C15H17Cl2NO3. The molecule has 2 unspecified atom stereocenters. The summed E-state index contributed by atoms with van der Waals surface area (Å²) in [6.07, 6.45) is 2.98. The molecule has 0 radical (unpaired) electrons. The van der Waals surface area contributed by atoms with Gasteiger partial charge in [-0.1, -0.05) is 23.2 Å². The Morgan fingerprint density at radius 1 is 1.29 bits per heavy atom. The van der Waals surface area contributed by atoms with Crippen molar-refractivity contribution in [2.45, 2.75) is 43.9 Å². The summed E-state index contributed by atoms with van der Waals surface area (Å²) in [6, 6.07) is 5.20. The minimum Gasteiger partial charge on any atom is -0.482 e. The van der Waals surface area contributed by atoms with Crippen LogP contribution in [0.2, 0.25) is 10.0 Å². The molecule has 114 valence electrons. The Labute approximate surface area is 133 Å². The Bertz CT molecular complexity index is 538. The van der Waals surface area contributed by atoms with E-state index in [-0.39, 0.29) is 30.7 Å². The zero-order chi connectivity index (χ0) is 15.0. The van der Waals surface area contributed by atoms with Crippen LogP contribution >= 0.6 is 23.2 Å². The number of carbonyl (C=O) groups is 1. The van der Waals surface area contributed by atoms with Gasteiger partial charge in [-0.15, -0.1) is 0 Å². The summed E-state index contributed by atoms with van der Waals surface area (Å²) in [5.74, 6) is 0.368. The highest BCUT2D eigenvalue weighted by Crippen LogP contribution is 2.36. The van der Waals surface area contributed by atoms with Gasteiger partial charge in [0.1, 0.15) is 5.75 Å². The van der Waals surface area contributed by atoms with E-state index in [1.54, 1.807) is 18.2 Å². The highest BCUT2D eigenvalue weighted by Gasteiger charge is 2.42. The average molecular weight is 330 g/mol. The molecule has 2 aliphatic rings. The zero-order valence-electron chi connectivity index (χ0n) is 11.5. The van der Waals surface area contributed by atoms with Gasteiger partial charge in [-0.3, -0.25) is 4.79 Å². The van der Waals surface area contributed by atoms with Crippen LogP contribution in [-0.4, -0.2) is 40.7 Å². The summed E-state index contributed by atoms with van der Waals surface area (Å²) in [7, 11) is 0. The maximum absolute atomic E-state index is 12.4. The monoisotopic (exact) mass is 329 g/mol. The summed E-state index contributed by atoms with van der Waals surface area (Å²) >= 11 is 11.9. The molecule has 1 aromatic carbocycles. The van der Waals surface area contributed by atoms with Crippen LogP contribution in [0, 0.1) is 0 Å². The molecule has 1 amide bonds. The minimum atomic E-state index is -0.283. The zero-order valence-corrected chi connectivity index (χ0v) is 13.0. The summed E-state index contributed by atoms with van der Waals surface area (Å²) in [4.78, 5) is 14.3. The third kappa shape index (κ3) is 3.12. The fourth-order valence-electron chi connectivity index (χ4n) is 3.36. The van der Waals surface area contributed by atoms with Crippen molar-refractivity contribution in [3.05, 3.63) is 28.2 Å². The number of benzene rings is 1. The Morgan fingerprint density at radius 3 is 2.62 bits per heavy atom. The van der Waals surface area contributed by atoms with Gasteiger partial charge in [-0.2, -0.15) is 0 Å². The maximum Gasteiger partial charge on any atom is 0.261 e. The van der Waals surface area contributed by atoms with Crippen molar-refractivity contribution in [2.75, 3.05) is 6.61 Å². The van der Waals surface area contributed by atoms with E-state index in [0.717, 1.165) is 12.8 Å². The fraction of sp³-hybridized carbons (Fsp3) is 0.533. The lowest BCUT2D eigenvalue weighted by atomic mass is 10.00. The number of halogens is 2. The SMILES string of the molecule is O=C(COc1cc(Cl)ccc1Cl)N1C2CCC1CC(O)C2. The Kier molecular flexibility index (Phi) is 4.29. The Morgan fingerprint density at radius 2 is 1.95 bits per heavy atom. The second kappa shape index (κ2) is 6.03. The number of hydrogen-bond donors (Lipinski definition) is 1. The van der Waals surface area contributed by atoms with E-state index >= 15 is 0 Å². The van der Waals surface area contributed by atoms with Crippen molar-refractivity contribution in [1.82, 2.24) is 4.90 Å². The fourth-order valence-corrected chi connectivity index (χ4v) is 3.69. The molecule has 2 fully saturated rings. The second-order valence-corrected chi connectivity index (χ2v) is 6.52. The van der Waals surface area contributed by atoms with Crippen molar-refractivity contribution in [3.8, 4) is 5.75 Å². The lowest BCUT2D eigenvalue weighted by Gasteiger charge is -2.37. The van der Waals surface area contributed by atoms with Gasteiger partial charge in [0.2, 0.25) is 0 Å². The van der Waals surface area contributed by atoms with E-state index in [4.69, 9.17) is 27.9 Å². The van der Waals surface area contributed by atoms with Gasteiger partial charge in [0.05, 0.1) is 11.1 Å². The largest absolute Gasteiger partial charge is 0.482 e. The summed E-state index contributed by atoms with van der Waals surface area (Å²) in [5.41, 5.74) is 0. The smallest absolute Gasteiger partial charge is 0.261 e. The van der Waals surface area contributed by atoms with Crippen LogP contribution in [0.4, 0.5) is 0 Å². The minimum absolute atomic E-state index is 0.0505. The van der Waals surface area contributed by atoms with Gasteiger partial charge < -0.3 is 14.7 Å². The molecule has 21 heavy (non-hydrogen) atoms. The van der Waals surface area contributed by atoms with Crippen molar-refractivity contribution in [1.29, 1.82) is 0 Å². The van der Waals surface area contributed by atoms with Crippen LogP contribution in [0.25, 0.3) is 0 Å². The lowest BCUT2D eigenvalue weighted by Crippen LogP contribution is -2.49. The van der Waals surface area contributed by atoms with E-state index in [1.165, 1.54) is 0 Å². The number of carbonyl (C=O) groups excluding carboxylic acids is 1. The summed E-state index contributed by atoms with van der Waals surface area (Å²) in [6.45, 7) is -0.0524. The topological polar surface area (TPSA) is 49.8 Å². The number of piperidine rings is 1. The van der Waals surface area contributed by atoms with Crippen LogP contribution in [0.5, 0.6) is 5.75 Å². The van der Waals surface area contributed by atoms with Crippen molar-refractivity contribution in [2.24, 2.45) is 0 Å². The number of fused-ring (bicyclic) bond motifs is 2. The van der Waals surface area contributed by atoms with Crippen molar-refractivity contribution in [3.63, 3.8) is 0 Å². The van der Waals surface area contributed by atoms with Gasteiger partial charge in [0.15, 0.2) is 6.61 Å². The van der Waals surface area contributed by atoms with Gasteiger partial charge in [-0.05, 0) is 37.8 Å². The molecular weight excluding hydrogens is 313 g/mol. The Hall–Kier alpha value is -0.970. The highest BCUT2D eigenvalue weighted by atomic mass is 35.5. The molecule has 2 atom stereocenters. The number of aliphatic hydroxyl groups excluding tert-OH is 1. The summed E-state index contributed by atoms with van der Waals surface area (Å²) in [5, 5.41) is 10.7. The number of nitrogens with zero attached hydrogens (tertiary/aromatic N) is 1. The van der Waals surface area contributed by atoms with Crippen molar-refractivity contribution >= 4 is 29.1 Å². The predicted octanol–water partition coefficient (Wildman–Crippen LogP) is 2.89. The molecule has 2 aliphatic heterocycles. The first kappa shape index (κ1) is 14.9. The molecule has 1 aromatic rings. The molecule has 4 nitrogen and oxygen atoms in total. The summed E-state index contributed by atoms with van der Waals surface area (Å²) < 4.78 is 5.51. The van der Waals surface area contributed by atoms with Crippen LogP contribution in [0.15, 0.2) is 18.2 Å². The number of hydrogen-bond acceptors (Lipinski definition) is 3. The predicted molar refractivity (Wildman–Crippen MR) is 80.9 cm³/mol. The molecule has 2 saturated heterocycles. The van der Waals surface area contributed by atoms with Crippen LogP contribution in [0.1, 0.15) is 25.7 Å². The Balaban J connectivity index is 1.63. The molecule has 0 saturated carbocycles. The average Bonchev–Trinajstić information content (AvgIpc) is 2.72. The van der Waals surface area contributed by atoms with Crippen molar-refractivity contribution < 1.29 is 14.6 Å². The van der Waals surface area contributed by atoms with Gasteiger partial charge in [-0.25, -0.2) is 0 Å². The standard InChI is InChI=1S/C15H17Cl2NO3/c16-9-1-4-13(17)14(5-9)21-8-15(20)18-10-2-3-11(18)7-12(19)6-10/h1,4-5,10-12,19H,2-3,6-8H2. The van der Waals surface area contributed by atoms with Crippen LogP contribution in [-0.2, 0) is 4.79 Å². The second-order valence-electron chi connectivity index (χ2n) is 5.67. The highest BCUT2D eigenvalue weighted by molar-refractivity contribution is 6.34.